The van der Waals surface area contributed by atoms with Crippen LogP contribution < -0.4 is 0 Å². The van der Waals surface area contributed by atoms with E-state index in [1.807, 2.05) is 36.4 Å². The predicted molar refractivity (Wildman–Crippen MR) is 77.5 cm³/mol. The lowest BCUT2D eigenvalue weighted by atomic mass is 10.0. The maximum absolute atomic E-state index is 10.0. The Bertz CT molecular complexity index is 722. The summed E-state index contributed by atoms with van der Waals surface area (Å²) in [6.07, 6.45) is -1.92. The number of hydrogen-bond acceptors (Lipinski definition) is 2. The van der Waals surface area contributed by atoms with Crippen molar-refractivity contribution in [2.75, 3.05) is 5.88 Å². The molecule has 0 amide bonds. The number of H-pyrrole nitrogens is 1. The molecular weight excluding hydrogens is 262 g/mol. The Morgan fingerprint density at radius 1 is 1.00 bits per heavy atom. The zero-order valence-electron chi connectivity index (χ0n) is 10.2. The maximum Gasteiger partial charge on any atom is 0.106 e. The smallest absolute Gasteiger partial charge is 0.106 e. The molecule has 2 atom stereocenters. The number of aliphatic hydroxyl groups is 2. The summed E-state index contributed by atoms with van der Waals surface area (Å²) in [6.45, 7) is 0. The molecule has 1 heterocycles. The topological polar surface area (TPSA) is 56.2 Å². The van der Waals surface area contributed by atoms with Gasteiger partial charge in [-0.1, -0.05) is 24.3 Å². The highest BCUT2D eigenvalue weighted by Gasteiger charge is 2.18. The third-order valence-electron chi connectivity index (χ3n) is 3.39. The van der Waals surface area contributed by atoms with E-state index >= 15 is 0 Å². The summed E-state index contributed by atoms with van der Waals surface area (Å²) >= 11 is 5.57. The van der Waals surface area contributed by atoms with Gasteiger partial charge in [-0.05, 0) is 23.8 Å². The summed E-state index contributed by atoms with van der Waals surface area (Å²) in [4.78, 5) is 3.32. The Balaban J connectivity index is 2.16. The van der Waals surface area contributed by atoms with E-state index in [9.17, 15) is 10.2 Å². The lowest BCUT2D eigenvalue weighted by molar-refractivity contribution is 0.0328. The van der Waals surface area contributed by atoms with Crippen LogP contribution in [0.4, 0.5) is 0 Å². The first-order valence-electron chi connectivity index (χ1n) is 6.13. The fourth-order valence-corrected chi connectivity index (χ4v) is 2.53. The van der Waals surface area contributed by atoms with Gasteiger partial charge in [-0.3, -0.25) is 0 Å². The zero-order chi connectivity index (χ0) is 13.4. The third-order valence-corrected chi connectivity index (χ3v) is 3.71. The number of rotatable bonds is 3. The fourth-order valence-electron chi connectivity index (χ4n) is 2.36. The quantitative estimate of drug-likeness (QED) is 0.644. The number of halogens is 1. The number of hydrogen-bond donors (Lipinski definition) is 3. The second kappa shape index (κ2) is 4.85. The average molecular weight is 276 g/mol. The van der Waals surface area contributed by atoms with Gasteiger partial charge in [0.1, 0.15) is 6.10 Å². The number of nitrogens with one attached hydrogen (secondary N) is 1. The minimum atomic E-state index is -0.962. The number of fused-ring (bicyclic) bond motifs is 3. The van der Waals surface area contributed by atoms with E-state index in [4.69, 9.17) is 11.6 Å². The summed E-state index contributed by atoms with van der Waals surface area (Å²) in [5.41, 5.74) is 2.74. The molecule has 3 rings (SSSR count). The Hall–Kier alpha value is -1.55. The minimum Gasteiger partial charge on any atom is -0.389 e. The van der Waals surface area contributed by atoms with Crippen LogP contribution in [0.5, 0.6) is 0 Å². The second-order valence-corrected chi connectivity index (χ2v) is 4.95. The van der Waals surface area contributed by atoms with Crippen molar-refractivity contribution in [1.29, 1.82) is 0 Å². The molecule has 2 aromatic carbocycles. The Morgan fingerprint density at radius 3 is 2.53 bits per heavy atom. The largest absolute Gasteiger partial charge is 0.389 e. The maximum atomic E-state index is 10.0. The van der Waals surface area contributed by atoms with Gasteiger partial charge in [-0.25, -0.2) is 0 Å². The van der Waals surface area contributed by atoms with Gasteiger partial charge in [0.15, 0.2) is 0 Å². The zero-order valence-corrected chi connectivity index (χ0v) is 10.9. The molecule has 0 saturated heterocycles. The highest BCUT2D eigenvalue weighted by Crippen LogP contribution is 2.28. The van der Waals surface area contributed by atoms with E-state index in [1.54, 1.807) is 6.07 Å². The first-order valence-corrected chi connectivity index (χ1v) is 6.66. The highest BCUT2D eigenvalue weighted by molar-refractivity contribution is 6.18. The summed E-state index contributed by atoms with van der Waals surface area (Å²) < 4.78 is 0. The van der Waals surface area contributed by atoms with Crippen molar-refractivity contribution in [1.82, 2.24) is 4.98 Å². The molecule has 0 aliphatic carbocycles. The predicted octanol–water partition coefficient (Wildman–Crippen LogP) is 2.95. The van der Waals surface area contributed by atoms with Crippen LogP contribution in [0.25, 0.3) is 21.8 Å². The Labute approximate surface area is 115 Å². The van der Waals surface area contributed by atoms with Crippen molar-refractivity contribution in [2.45, 2.75) is 12.2 Å². The fraction of sp³-hybridized carbons (Fsp3) is 0.200. The van der Waals surface area contributed by atoms with Crippen molar-refractivity contribution in [3.05, 3.63) is 48.0 Å². The van der Waals surface area contributed by atoms with E-state index in [0.717, 1.165) is 21.8 Å². The molecule has 1 aromatic heterocycles. The molecule has 0 saturated carbocycles. The Morgan fingerprint density at radius 2 is 1.74 bits per heavy atom. The number of aromatic amines is 1. The van der Waals surface area contributed by atoms with Gasteiger partial charge in [0.25, 0.3) is 0 Å². The van der Waals surface area contributed by atoms with Crippen LogP contribution in [0, 0.1) is 0 Å². The third kappa shape index (κ3) is 2.10. The Kier molecular flexibility index (Phi) is 3.19. The molecule has 3 aromatic rings. The molecule has 0 radical (unpaired) electrons. The van der Waals surface area contributed by atoms with E-state index in [1.165, 1.54) is 0 Å². The molecule has 0 fully saturated rings. The molecule has 0 bridgehead atoms. The van der Waals surface area contributed by atoms with Gasteiger partial charge in [0, 0.05) is 21.8 Å². The number of para-hydroxylation sites is 1. The lowest BCUT2D eigenvalue weighted by Crippen LogP contribution is -2.19. The standard InChI is InChI=1S/C15H14ClNO2/c16-8-14(18)15(19)9-5-6-13-11(7-9)10-3-1-2-4-12(10)17-13/h1-7,14-15,17-19H,8H2. The second-order valence-electron chi connectivity index (χ2n) is 4.64. The molecule has 3 N–H and O–H groups in total. The van der Waals surface area contributed by atoms with Crippen molar-refractivity contribution in [3.63, 3.8) is 0 Å². The first-order chi connectivity index (χ1) is 9.20. The molecule has 0 aliphatic rings. The van der Waals surface area contributed by atoms with Crippen molar-refractivity contribution < 1.29 is 10.2 Å². The van der Waals surface area contributed by atoms with Crippen LogP contribution in [0.15, 0.2) is 42.5 Å². The number of aliphatic hydroxyl groups excluding tert-OH is 2. The molecule has 19 heavy (non-hydrogen) atoms. The lowest BCUT2D eigenvalue weighted by Gasteiger charge is -2.15. The van der Waals surface area contributed by atoms with Gasteiger partial charge in [-0.15, -0.1) is 11.6 Å². The molecular formula is C15H14ClNO2. The van der Waals surface area contributed by atoms with E-state index in [2.05, 4.69) is 4.98 Å². The van der Waals surface area contributed by atoms with Crippen LogP contribution >= 0.6 is 11.6 Å². The van der Waals surface area contributed by atoms with Crippen molar-refractivity contribution in [2.24, 2.45) is 0 Å². The normalized spacial score (nSPS) is 14.9. The molecule has 0 spiro atoms. The molecule has 4 heteroatoms. The molecule has 2 unspecified atom stereocenters. The summed E-state index contributed by atoms with van der Waals surface area (Å²) in [5.74, 6) is 0.00703. The van der Waals surface area contributed by atoms with Crippen LogP contribution in [-0.2, 0) is 0 Å². The summed E-state index contributed by atoms with van der Waals surface area (Å²) in [5, 5.41) is 21.8. The minimum absolute atomic E-state index is 0.00703. The number of benzene rings is 2. The van der Waals surface area contributed by atoms with Crippen molar-refractivity contribution in [3.8, 4) is 0 Å². The van der Waals surface area contributed by atoms with Gasteiger partial charge >= 0.3 is 0 Å². The molecule has 98 valence electrons. The van der Waals surface area contributed by atoms with Crippen LogP contribution in [0.2, 0.25) is 0 Å². The monoisotopic (exact) mass is 275 g/mol. The van der Waals surface area contributed by atoms with E-state index in [0.29, 0.717) is 5.56 Å². The summed E-state index contributed by atoms with van der Waals surface area (Å²) in [6, 6.07) is 13.6. The van der Waals surface area contributed by atoms with Gasteiger partial charge in [0.05, 0.1) is 12.0 Å². The number of alkyl halides is 1. The average Bonchev–Trinajstić information content (AvgIpc) is 2.83. The van der Waals surface area contributed by atoms with Crippen LogP contribution in [-0.4, -0.2) is 27.2 Å². The van der Waals surface area contributed by atoms with Crippen LogP contribution in [0.1, 0.15) is 11.7 Å². The molecule has 0 aliphatic heterocycles. The SMILES string of the molecule is OC(CCl)C(O)c1ccc2[nH]c3ccccc3c2c1. The van der Waals surface area contributed by atoms with E-state index < -0.39 is 12.2 Å². The van der Waals surface area contributed by atoms with Gasteiger partial charge < -0.3 is 15.2 Å². The number of aromatic nitrogens is 1. The van der Waals surface area contributed by atoms with Crippen molar-refractivity contribution >= 4 is 33.4 Å². The summed E-state index contributed by atoms with van der Waals surface area (Å²) in [7, 11) is 0. The van der Waals surface area contributed by atoms with Crippen LogP contribution in [0.3, 0.4) is 0 Å². The van der Waals surface area contributed by atoms with Gasteiger partial charge in [-0.2, -0.15) is 0 Å². The van der Waals surface area contributed by atoms with Gasteiger partial charge in [0.2, 0.25) is 0 Å². The molecule has 3 nitrogen and oxygen atoms in total. The van der Waals surface area contributed by atoms with E-state index in [-0.39, 0.29) is 5.88 Å². The first kappa shape index (κ1) is 12.5. The highest BCUT2D eigenvalue weighted by atomic mass is 35.5.